The molecule has 2 aliphatic rings. The van der Waals surface area contributed by atoms with E-state index < -0.39 is 12.0 Å². The van der Waals surface area contributed by atoms with Crippen molar-refractivity contribution in [2.75, 3.05) is 6.54 Å². The van der Waals surface area contributed by atoms with Gasteiger partial charge < -0.3 is 15.3 Å². The number of carbonyl (C=O) groups is 2. The topological polar surface area (TPSA) is 69.6 Å². The van der Waals surface area contributed by atoms with Crippen LogP contribution in [0.2, 0.25) is 0 Å². The molecule has 19 heavy (non-hydrogen) atoms. The Kier molecular flexibility index (Phi) is 4.66. The molecule has 0 aromatic rings. The molecule has 1 saturated heterocycles. The average Bonchev–Trinajstić information content (AvgIpc) is 2.85. The van der Waals surface area contributed by atoms with Crippen molar-refractivity contribution < 1.29 is 14.7 Å². The summed E-state index contributed by atoms with van der Waals surface area (Å²) in [6.07, 6.45) is 6.98. The number of hydrogen-bond donors (Lipinski definition) is 2. The minimum absolute atomic E-state index is 0.183. The van der Waals surface area contributed by atoms with E-state index in [-0.39, 0.29) is 6.03 Å². The van der Waals surface area contributed by atoms with Crippen LogP contribution < -0.4 is 5.32 Å². The van der Waals surface area contributed by atoms with E-state index >= 15 is 0 Å². The molecule has 2 N–H and O–H groups in total. The maximum absolute atomic E-state index is 12.3. The number of rotatable bonds is 4. The molecule has 1 aliphatic heterocycles. The number of likely N-dealkylation sites (tertiary alicyclic amines) is 1. The third kappa shape index (κ3) is 3.19. The molecule has 1 aliphatic carbocycles. The standard InChI is InChI=1S/C14H24N2O3/c1-2-5-11(13(17)18)15-14(19)16-9-4-7-10-6-3-8-12(10)16/h10-12H,2-9H2,1H3,(H,15,19)(H,17,18)/t10?,11-,12?/m0/s1. The summed E-state index contributed by atoms with van der Waals surface area (Å²) in [5, 5.41) is 11.8. The van der Waals surface area contributed by atoms with Gasteiger partial charge in [0.1, 0.15) is 6.04 Å². The Labute approximate surface area is 114 Å². The van der Waals surface area contributed by atoms with Gasteiger partial charge in [0.2, 0.25) is 0 Å². The zero-order chi connectivity index (χ0) is 13.8. The van der Waals surface area contributed by atoms with Gasteiger partial charge in [-0.2, -0.15) is 0 Å². The predicted octanol–water partition coefficient (Wildman–Crippen LogP) is 2.21. The summed E-state index contributed by atoms with van der Waals surface area (Å²) >= 11 is 0. The van der Waals surface area contributed by atoms with Crippen LogP contribution in [0.25, 0.3) is 0 Å². The van der Waals surface area contributed by atoms with Gasteiger partial charge in [0.15, 0.2) is 0 Å². The van der Waals surface area contributed by atoms with Crippen LogP contribution in [0.15, 0.2) is 0 Å². The van der Waals surface area contributed by atoms with Gasteiger partial charge in [0.05, 0.1) is 0 Å². The number of urea groups is 1. The molecular formula is C14H24N2O3. The van der Waals surface area contributed by atoms with Crippen LogP contribution in [0.1, 0.15) is 51.9 Å². The van der Waals surface area contributed by atoms with Gasteiger partial charge in [-0.1, -0.05) is 19.8 Å². The van der Waals surface area contributed by atoms with Gasteiger partial charge >= 0.3 is 12.0 Å². The van der Waals surface area contributed by atoms with Gasteiger partial charge in [0.25, 0.3) is 0 Å². The Morgan fingerprint density at radius 3 is 2.74 bits per heavy atom. The minimum Gasteiger partial charge on any atom is -0.480 e. The van der Waals surface area contributed by atoms with Crippen molar-refractivity contribution in [3.05, 3.63) is 0 Å². The fraction of sp³-hybridized carbons (Fsp3) is 0.857. The SMILES string of the molecule is CCC[C@H](NC(=O)N1CCCC2CCCC21)C(=O)O. The van der Waals surface area contributed by atoms with Crippen molar-refractivity contribution in [3.8, 4) is 0 Å². The van der Waals surface area contributed by atoms with E-state index in [9.17, 15) is 9.59 Å². The first kappa shape index (κ1) is 14.2. The van der Waals surface area contributed by atoms with E-state index in [2.05, 4.69) is 5.32 Å². The first-order valence-corrected chi connectivity index (χ1v) is 7.43. The Bertz CT molecular complexity index is 346. The van der Waals surface area contributed by atoms with Crippen molar-refractivity contribution in [3.63, 3.8) is 0 Å². The van der Waals surface area contributed by atoms with Gasteiger partial charge in [-0.3, -0.25) is 0 Å². The van der Waals surface area contributed by atoms with Gasteiger partial charge in [0, 0.05) is 12.6 Å². The molecule has 0 spiro atoms. The number of carbonyl (C=O) groups excluding carboxylic acids is 1. The highest BCUT2D eigenvalue weighted by Gasteiger charge is 2.38. The highest BCUT2D eigenvalue weighted by molar-refractivity contribution is 5.82. The molecule has 0 radical (unpaired) electrons. The summed E-state index contributed by atoms with van der Waals surface area (Å²) in [5.41, 5.74) is 0. The number of carboxylic acid groups (broad SMARTS) is 1. The third-order valence-electron chi connectivity index (χ3n) is 4.43. The largest absolute Gasteiger partial charge is 0.480 e. The second-order valence-electron chi connectivity index (χ2n) is 5.72. The molecule has 2 amide bonds. The summed E-state index contributed by atoms with van der Waals surface area (Å²) in [6.45, 7) is 2.70. The molecule has 5 heteroatoms. The fourth-order valence-electron chi connectivity index (χ4n) is 3.48. The van der Waals surface area contributed by atoms with Crippen LogP contribution in [0.4, 0.5) is 4.79 Å². The third-order valence-corrected chi connectivity index (χ3v) is 4.43. The number of carboxylic acids is 1. The highest BCUT2D eigenvalue weighted by atomic mass is 16.4. The number of nitrogens with one attached hydrogen (secondary N) is 1. The molecule has 1 saturated carbocycles. The van der Waals surface area contributed by atoms with E-state index in [0.717, 1.165) is 25.8 Å². The Morgan fingerprint density at radius 1 is 1.32 bits per heavy atom. The highest BCUT2D eigenvalue weighted by Crippen LogP contribution is 2.36. The van der Waals surface area contributed by atoms with Crippen LogP contribution in [-0.2, 0) is 4.79 Å². The lowest BCUT2D eigenvalue weighted by atomic mass is 9.92. The first-order chi connectivity index (χ1) is 9.13. The average molecular weight is 268 g/mol. The quantitative estimate of drug-likeness (QED) is 0.821. The van der Waals surface area contributed by atoms with Crippen molar-refractivity contribution in [1.82, 2.24) is 10.2 Å². The van der Waals surface area contributed by atoms with Crippen LogP contribution in [0.3, 0.4) is 0 Å². The van der Waals surface area contributed by atoms with E-state index in [1.165, 1.54) is 19.3 Å². The second kappa shape index (κ2) is 6.26. The molecule has 0 aromatic heterocycles. The minimum atomic E-state index is -0.935. The summed E-state index contributed by atoms with van der Waals surface area (Å²) in [7, 11) is 0. The number of hydrogen-bond acceptors (Lipinski definition) is 2. The van der Waals surface area contributed by atoms with Crippen molar-refractivity contribution in [1.29, 1.82) is 0 Å². The number of aliphatic carboxylic acids is 1. The molecule has 1 heterocycles. The Hall–Kier alpha value is -1.26. The number of nitrogens with zero attached hydrogens (tertiary/aromatic N) is 1. The zero-order valence-electron chi connectivity index (χ0n) is 11.6. The van der Waals surface area contributed by atoms with Crippen LogP contribution in [0, 0.1) is 5.92 Å². The Morgan fingerprint density at radius 2 is 2.05 bits per heavy atom. The summed E-state index contributed by atoms with van der Waals surface area (Å²) < 4.78 is 0. The molecular weight excluding hydrogens is 244 g/mol. The van der Waals surface area contributed by atoms with Crippen LogP contribution >= 0.6 is 0 Å². The predicted molar refractivity (Wildman–Crippen MR) is 71.9 cm³/mol. The monoisotopic (exact) mass is 268 g/mol. The van der Waals surface area contributed by atoms with Crippen molar-refractivity contribution in [2.45, 2.75) is 64.0 Å². The normalized spacial score (nSPS) is 27.7. The Balaban J connectivity index is 1.96. The van der Waals surface area contributed by atoms with E-state index in [0.29, 0.717) is 18.4 Å². The van der Waals surface area contributed by atoms with Crippen molar-refractivity contribution >= 4 is 12.0 Å². The lowest BCUT2D eigenvalue weighted by molar-refractivity contribution is -0.139. The van der Waals surface area contributed by atoms with Crippen LogP contribution in [0.5, 0.6) is 0 Å². The summed E-state index contributed by atoms with van der Waals surface area (Å²) in [6, 6.07) is -0.596. The molecule has 2 fully saturated rings. The molecule has 108 valence electrons. The molecule has 0 aromatic carbocycles. The van der Waals surface area contributed by atoms with E-state index in [4.69, 9.17) is 5.11 Å². The first-order valence-electron chi connectivity index (χ1n) is 7.43. The van der Waals surface area contributed by atoms with Crippen LogP contribution in [-0.4, -0.2) is 40.6 Å². The van der Waals surface area contributed by atoms with Crippen molar-refractivity contribution in [2.24, 2.45) is 5.92 Å². The molecule has 2 rings (SSSR count). The zero-order valence-corrected chi connectivity index (χ0v) is 11.6. The fourth-order valence-corrected chi connectivity index (χ4v) is 3.48. The maximum atomic E-state index is 12.3. The molecule has 2 unspecified atom stereocenters. The number of piperidine rings is 1. The number of amides is 2. The summed E-state index contributed by atoms with van der Waals surface area (Å²) in [5.74, 6) is -0.302. The molecule has 0 bridgehead atoms. The van der Waals surface area contributed by atoms with Gasteiger partial charge in [-0.05, 0) is 38.0 Å². The second-order valence-corrected chi connectivity index (χ2v) is 5.72. The lowest BCUT2D eigenvalue weighted by Crippen LogP contribution is -2.54. The number of fused-ring (bicyclic) bond motifs is 1. The van der Waals surface area contributed by atoms with Gasteiger partial charge in [-0.25, -0.2) is 9.59 Å². The molecule has 3 atom stereocenters. The van der Waals surface area contributed by atoms with E-state index in [1.807, 2.05) is 11.8 Å². The molecule has 5 nitrogen and oxygen atoms in total. The van der Waals surface area contributed by atoms with Gasteiger partial charge in [-0.15, -0.1) is 0 Å². The maximum Gasteiger partial charge on any atom is 0.326 e. The summed E-state index contributed by atoms with van der Waals surface area (Å²) in [4.78, 5) is 25.3. The lowest BCUT2D eigenvalue weighted by Gasteiger charge is -2.38. The smallest absolute Gasteiger partial charge is 0.326 e. The van der Waals surface area contributed by atoms with E-state index in [1.54, 1.807) is 0 Å².